The fraction of sp³-hybridized carbons (Fsp3) is 0.474. The third-order valence-corrected chi connectivity index (χ3v) is 5.24. The number of nitrogens with one attached hydrogen (secondary N) is 1. The molecule has 1 aliphatic heterocycles. The minimum atomic E-state index is -0.472. The Labute approximate surface area is 156 Å². The lowest BCUT2D eigenvalue weighted by molar-refractivity contribution is 0.169. The van der Waals surface area contributed by atoms with Crippen LogP contribution in [-0.4, -0.2) is 60.2 Å². The van der Waals surface area contributed by atoms with Crippen LogP contribution < -0.4 is 5.32 Å². The first-order valence-electron chi connectivity index (χ1n) is 9.19. The van der Waals surface area contributed by atoms with Crippen LogP contribution in [0.4, 0.5) is 8.78 Å². The predicted octanol–water partition coefficient (Wildman–Crippen LogP) is 2.20. The molecule has 1 N–H and O–H groups in total. The van der Waals surface area contributed by atoms with E-state index in [0.29, 0.717) is 6.42 Å². The van der Waals surface area contributed by atoms with E-state index in [0.717, 1.165) is 44.4 Å². The number of benzene rings is 1. The number of aliphatic imine (C=N–C) groups is 1. The number of guanidine groups is 1. The normalized spacial score (nSPS) is 23.5. The van der Waals surface area contributed by atoms with Crippen LogP contribution in [0.15, 0.2) is 40.0 Å². The van der Waals surface area contributed by atoms with Gasteiger partial charge >= 0.3 is 0 Å². The van der Waals surface area contributed by atoms with Crippen LogP contribution in [0, 0.1) is 11.6 Å². The molecule has 4 rings (SSSR count). The molecule has 1 aromatic carbocycles. The van der Waals surface area contributed by atoms with Gasteiger partial charge in [-0.05, 0) is 18.6 Å². The highest BCUT2D eigenvalue weighted by atomic mass is 19.1. The van der Waals surface area contributed by atoms with Gasteiger partial charge in [0.25, 0.3) is 0 Å². The summed E-state index contributed by atoms with van der Waals surface area (Å²) in [4.78, 5) is 8.87. The van der Waals surface area contributed by atoms with Crippen molar-refractivity contribution in [1.29, 1.82) is 0 Å². The molecule has 0 radical (unpaired) electrons. The first kappa shape index (κ1) is 17.9. The Morgan fingerprint density at radius 2 is 1.96 bits per heavy atom. The van der Waals surface area contributed by atoms with E-state index in [-0.39, 0.29) is 17.5 Å². The molecule has 2 atom stereocenters. The van der Waals surface area contributed by atoms with E-state index in [1.54, 1.807) is 13.3 Å². The topological polar surface area (TPSA) is 56.9 Å². The Morgan fingerprint density at radius 3 is 2.59 bits per heavy atom. The van der Waals surface area contributed by atoms with Crippen molar-refractivity contribution in [3.63, 3.8) is 0 Å². The molecule has 1 aliphatic carbocycles. The quantitative estimate of drug-likeness (QED) is 0.656. The van der Waals surface area contributed by atoms with Crippen LogP contribution in [-0.2, 0) is 6.54 Å². The summed E-state index contributed by atoms with van der Waals surface area (Å²) in [5.41, 5.74) is 1.11. The molecule has 0 bridgehead atoms. The van der Waals surface area contributed by atoms with E-state index >= 15 is 0 Å². The van der Waals surface area contributed by atoms with Crippen LogP contribution in [0.1, 0.15) is 23.6 Å². The number of aromatic nitrogens is 1. The fourth-order valence-corrected chi connectivity index (χ4v) is 3.67. The average molecular weight is 375 g/mol. The molecule has 2 aromatic rings. The summed E-state index contributed by atoms with van der Waals surface area (Å²) in [6, 6.07) is 5.93. The number of nitrogens with zero attached hydrogens (tertiary/aromatic N) is 4. The van der Waals surface area contributed by atoms with Crippen LogP contribution >= 0.6 is 0 Å². The number of hydrogen-bond donors (Lipinski definition) is 1. The maximum atomic E-state index is 14.0. The zero-order valence-electron chi connectivity index (χ0n) is 15.2. The molecular weight excluding hydrogens is 352 g/mol. The van der Waals surface area contributed by atoms with Crippen LogP contribution in [0.2, 0.25) is 0 Å². The smallest absolute Gasteiger partial charge is 0.193 e. The zero-order valence-corrected chi connectivity index (χ0v) is 15.2. The van der Waals surface area contributed by atoms with Crippen molar-refractivity contribution < 1.29 is 13.3 Å². The largest absolute Gasteiger partial charge is 0.364 e. The molecule has 1 saturated carbocycles. The highest BCUT2D eigenvalue weighted by molar-refractivity contribution is 5.81. The van der Waals surface area contributed by atoms with Gasteiger partial charge in [-0.25, -0.2) is 8.78 Å². The Bertz CT molecular complexity index is 782. The fourth-order valence-electron chi connectivity index (χ4n) is 3.67. The van der Waals surface area contributed by atoms with Crippen molar-refractivity contribution in [3.05, 3.63) is 53.4 Å². The van der Waals surface area contributed by atoms with Gasteiger partial charge < -0.3 is 14.7 Å². The summed E-state index contributed by atoms with van der Waals surface area (Å²) >= 11 is 0. The number of rotatable bonds is 4. The monoisotopic (exact) mass is 375 g/mol. The summed E-state index contributed by atoms with van der Waals surface area (Å²) in [5.74, 6) is -0.293. The highest BCUT2D eigenvalue weighted by Gasteiger charge is 2.43. The Kier molecular flexibility index (Phi) is 5.07. The minimum absolute atomic E-state index is 0.0169. The second-order valence-corrected chi connectivity index (χ2v) is 7.03. The minimum Gasteiger partial charge on any atom is -0.364 e. The Hall–Kier alpha value is -2.48. The standard InChI is InChI=1S/C19H23F2N5O/c1-22-19(23-17-11-14(17)18-15(20)3-2-4-16(18)21)26-8-6-25(7-9-26)12-13-5-10-27-24-13/h2-5,10,14,17H,6-9,11-12H2,1H3,(H,22,23). The van der Waals surface area contributed by atoms with Gasteiger partial charge in [0.15, 0.2) is 5.96 Å². The van der Waals surface area contributed by atoms with Crippen molar-refractivity contribution >= 4 is 5.96 Å². The van der Waals surface area contributed by atoms with Gasteiger partial charge in [-0.1, -0.05) is 11.2 Å². The van der Waals surface area contributed by atoms with Crippen LogP contribution in [0.25, 0.3) is 0 Å². The molecule has 0 amide bonds. The van der Waals surface area contributed by atoms with Crippen molar-refractivity contribution in [2.24, 2.45) is 4.99 Å². The lowest BCUT2D eigenvalue weighted by Gasteiger charge is -2.36. The third kappa shape index (κ3) is 3.95. The molecule has 1 aromatic heterocycles. The zero-order chi connectivity index (χ0) is 18.8. The molecule has 27 heavy (non-hydrogen) atoms. The van der Waals surface area contributed by atoms with Gasteiger partial charge in [0, 0.05) is 63.4 Å². The van der Waals surface area contributed by atoms with Crippen LogP contribution in [0.5, 0.6) is 0 Å². The molecule has 144 valence electrons. The lowest BCUT2D eigenvalue weighted by Crippen LogP contribution is -2.52. The molecule has 2 aliphatic rings. The second-order valence-electron chi connectivity index (χ2n) is 7.03. The maximum Gasteiger partial charge on any atom is 0.193 e. The second kappa shape index (κ2) is 7.64. The van der Waals surface area contributed by atoms with E-state index in [1.807, 2.05) is 6.07 Å². The molecule has 2 unspecified atom stereocenters. The van der Waals surface area contributed by atoms with Crippen LogP contribution in [0.3, 0.4) is 0 Å². The molecule has 8 heteroatoms. The number of piperazine rings is 1. The van der Waals surface area contributed by atoms with Crippen molar-refractivity contribution in [2.45, 2.75) is 24.9 Å². The maximum absolute atomic E-state index is 14.0. The van der Waals surface area contributed by atoms with Crippen molar-refractivity contribution in [2.75, 3.05) is 33.2 Å². The first-order valence-corrected chi connectivity index (χ1v) is 9.19. The molecule has 2 fully saturated rings. The number of halogens is 2. The molecule has 0 spiro atoms. The predicted molar refractivity (Wildman–Crippen MR) is 97.4 cm³/mol. The SMILES string of the molecule is CN=C(NC1CC1c1c(F)cccc1F)N1CCN(Cc2ccon2)CC1. The van der Waals surface area contributed by atoms with E-state index in [9.17, 15) is 8.78 Å². The van der Waals surface area contributed by atoms with Crippen molar-refractivity contribution in [1.82, 2.24) is 20.3 Å². The highest BCUT2D eigenvalue weighted by Crippen LogP contribution is 2.43. The van der Waals surface area contributed by atoms with E-state index in [2.05, 4.69) is 25.3 Å². The molecular formula is C19H23F2N5O. The molecule has 2 heterocycles. The summed E-state index contributed by atoms with van der Waals surface area (Å²) in [5, 5.41) is 7.32. The molecule has 6 nitrogen and oxygen atoms in total. The van der Waals surface area contributed by atoms with Gasteiger partial charge in [0.2, 0.25) is 0 Å². The van der Waals surface area contributed by atoms with Gasteiger partial charge in [-0.15, -0.1) is 0 Å². The van der Waals surface area contributed by atoms with E-state index in [1.165, 1.54) is 18.2 Å². The van der Waals surface area contributed by atoms with Gasteiger partial charge in [-0.2, -0.15) is 0 Å². The van der Waals surface area contributed by atoms with E-state index in [4.69, 9.17) is 4.52 Å². The van der Waals surface area contributed by atoms with Gasteiger partial charge in [0.1, 0.15) is 17.9 Å². The lowest BCUT2D eigenvalue weighted by atomic mass is 10.1. The molecule has 1 saturated heterocycles. The summed E-state index contributed by atoms with van der Waals surface area (Å²) in [7, 11) is 1.74. The third-order valence-electron chi connectivity index (χ3n) is 5.24. The Balaban J connectivity index is 1.31. The summed E-state index contributed by atoms with van der Waals surface area (Å²) in [6.45, 7) is 4.23. The number of hydrogen-bond acceptors (Lipinski definition) is 4. The van der Waals surface area contributed by atoms with E-state index < -0.39 is 11.6 Å². The average Bonchev–Trinajstić information content (AvgIpc) is 3.21. The summed E-state index contributed by atoms with van der Waals surface area (Å²) in [6.07, 6.45) is 2.30. The summed E-state index contributed by atoms with van der Waals surface area (Å²) < 4.78 is 32.8. The van der Waals surface area contributed by atoms with Crippen molar-refractivity contribution in [3.8, 4) is 0 Å². The first-order chi connectivity index (χ1) is 13.2. The van der Waals surface area contributed by atoms with Gasteiger partial charge in [-0.3, -0.25) is 9.89 Å². The van der Waals surface area contributed by atoms with Gasteiger partial charge in [0.05, 0.1) is 5.69 Å². The Morgan fingerprint density at radius 1 is 1.22 bits per heavy atom.